The molecule has 0 radical (unpaired) electrons. The maximum absolute atomic E-state index is 11.7. The summed E-state index contributed by atoms with van der Waals surface area (Å²) in [6.07, 6.45) is 6.60. The Balaban J connectivity index is 1.33. The van der Waals surface area contributed by atoms with Crippen LogP contribution in [0.5, 0.6) is 5.88 Å². The van der Waals surface area contributed by atoms with Crippen LogP contribution in [0, 0.1) is 19.3 Å². The minimum atomic E-state index is -0.672. The van der Waals surface area contributed by atoms with Crippen LogP contribution in [0.25, 0.3) is 5.65 Å². The minimum absolute atomic E-state index is 0.0675. The molecule has 3 heterocycles. The number of nitrogens with zero attached hydrogens (tertiary/aromatic N) is 4. The number of rotatable bonds is 12. The molecule has 1 saturated carbocycles. The predicted molar refractivity (Wildman–Crippen MR) is 149 cm³/mol. The quantitative estimate of drug-likeness (QED) is 0.0504. The second-order valence-corrected chi connectivity index (χ2v) is 10.0. The van der Waals surface area contributed by atoms with Gasteiger partial charge < -0.3 is 19.2 Å². The Morgan fingerprint density at radius 1 is 1.15 bits per heavy atom. The SMILES string of the molecule is Cc1cc(C(=N)NO)cc(C)c1CNc1cc(OCc2cn3cc(C4CC4)ccc3n2)nc(CCC(=O)OC=O)n1. The molecule has 0 saturated heterocycles. The van der Waals surface area contributed by atoms with Crippen molar-refractivity contribution in [2.75, 3.05) is 5.32 Å². The lowest BCUT2D eigenvalue weighted by Crippen LogP contribution is -2.19. The number of hydroxylamine groups is 1. The van der Waals surface area contributed by atoms with Crippen LogP contribution in [0.4, 0.5) is 5.82 Å². The minimum Gasteiger partial charge on any atom is -0.471 e. The number of carbonyl (C=O) groups excluding carboxylic acids is 2. The zero-order valence-electron chi connectivity index (χ0n) is 22.8. The van der Waals surface area contributed by atoms with Gasteiger partial charge in [0.25, 0.3) is 0 Å². The third kappa shape index (κ3) is 6.84. The molecule has 212 valence electrons. The molecule has 4 N–H and O–H groups in total. The van der Waals surface area contributed by atoms with E-state index < -0.39 is 5.97 Å². The number of benzene rings is 1. The van der Waals surface area contributed by atoms with E-state index in [1.807, 2.05) is 48.1 Å². The third-order valence-electron chi connectivity index (χ3n) is 6.96. The third-order valence-corrected chi connectivity index (χ3v) is 6.96. The van der Waals surface area contributed by atoms with Crippen LogP contribution in [0.1, 0.15) is 64.5 Å². The number of carbonyl (C=O) groups is 2. The van der Waals surface area contributed by atoms with Crippen LogP contribution in [0.2, 0.25) is 0 Å². The van der Waals surface area contributed by atoms with Crippen molar-refractivity contribution in [3.05, 3.63) is 82.1 Å². The van der Waals surface area contributed by atoms with Crippen molar-refractivity contribution in [2.45, 2.75) is 58.6 Å². The Bertz CT molecular complexity index is 1590. The van der Waals surface area contributed by atoms with Crippen molar-refractivity contribution >= 4 is 29.7 Å². The average Bonchev–Trinajstić information content (AvgIpc) is 3.73. The summed E-state index contributed by atoms with van der Waals surface area (Å²) in [4.78, 5) is 35.8. The fourth-order valence-corrected chi connectivity index (χ4v) is 4.67. The van der Waals surface area contributed by atoms with Crippen molar-refractivity contribution in [1.29, 1.82) is 5.41 Å². The van der Waals surface area contributed by atoms with Gasteiger partial charge in [0.2, 0.25) is 5.88 Å². The van der Waals surface area contributed by atoms with Crippen LogP contribution in [0.15, 0.2) is 42.7 Å². The van der Waals surface area contributed by atoms with E-state index in [1.165, 1.54) is 18.4 Å². The highest BCUT2D eigenvalue weighted by Crippen LogP contribution is 2.39. The van der Waals surface area contributed by atoms with Gasteiger partial charge in [-0.1, -0.05) is 6.07 Å². The van der Waals surface area contributed by atoms with Crippen LogP contribution in [-0.4, -0.2) is 42.8 Å². The van der Waals surface area contributed by atoms with Crippen molar-refractivity contribution in [1.82, 2.24) is 24.8 Å². The van der Waals surface area contributed by atoms with E-state index in [0.717, 1.165) is 28.0 Å². The number of imidazole rings is 1. The summed E-state index contributed by atoms with van der Waals surface area (Å²) in [5, 5.41) is 20.2. The largest absolute Gasteiger partial charge is 0.471 e. The van der Waals surface area contributed by atoms with E-state index in [2.05, 4.69) is 37.3 Å². The number of anilines is 1. The Morgan fingerprint density at radius 2 is 1.93 bits per heavy atom. The van der Waals surface area contributed by atoms with Crippen molar-refractivity contribution in [3.63, 3.8) is 0 Å². The summed E-state index contributed by atoms with van der Waals surface area (Å²) in [7, 11) is 0. The number of esters is 1. The van der Waals surface area contributed by atoms with Gasteiger partial charge >= 0.3 is 12.4 Å². The number of fused-ring (bicyclic) bond motifs is 1. The van der Waals surface area contributed by atoms with E-state index in [1.54, 1.807) is 6.07 Å². The van der Waals surface area contributed by atoms with Gasteiger partial charge in [0.05, 0.1) is 12.1 Å². The normalized spacial score (nSPS) is 12.7. The molecule has 1 aromatic carbocycles. The number of hydrogen-bond acceptors (Lipinski definition) is 10. The molecule has 0 unspecified atom stereocenters. The molecule has 41 heavy (non-hydrogen) atoms. The number of ether oxygens (including phenoxy) is 2. The Morgan fingerprint density at radius 3 is 2.63 bits per heavy atom. The van der Waals surface area contributed by atoms with Crippen LogP contribution >= 0.6 is 0 Å². The van der Waals surface area contributed by atoms with Crippen LogP contribution < -0.4 is 15.5 Å². The number of nitrogens with one attached hydrogen (secondary N) is 3. The zero-order valence-corrected chi connectivity index (χ0v) is 22.8. The molecule has 0 aliphatic heterocycles. The topological polar surface area (TPSA) is 164 Å². The summed E-state index contributed by atoms with van der Waals surface area (Å²) in [5.41, 5.74) is 8.23. The van der Waals surface area contributed by atoms with Crippen LogP contribution in [0.3, 0.4) is 0 Å². The first-order valence-electron chi connectivity index (χ1n) is 13.3. The van der Waals surface area contributed by atoms with E-state index in [-0.39, 0.29) is 31.8 Å². The summed E-state index contributed by atoms with van der Waals surface area (Å²) in [6.45, 7) is 4.58. The lowest BCUT2D eigenvalue weighted by atomic mass is 9.99. The van der Waals surface area contributed by atoms with Gasteiger partial charge in [-0.15, -0.1) is 0 Å². The van der Waals surface area contributed by atoms with Gasteiger partial charge in [0.15, 0.2) is 0 Å². The highest BCUT2D eigenvalue weighted by atomic mass is 16.6. The Kier molecular flexibility index (Phi) is 8.20. The summed E-state index contributed by atoms with van der Waals surface area (Å²) >= 11 is 0. The number of amidine groups is 1. The summed E-state index contributed by atoms with van der Waals surface area (Å²) in [6, 6.07) is 9.45. The maximum Gasteiger partial charge on any atom is 0.313 e. The molecule has 0 amide bonds. The highest BCUT2D eigenvalue weighted by molar-refractivity contribution is 5.96. The van der Waals surface area contributed by atoms with E-state index in [9.17, 15) is 9.59 Å². The first kappa shape index (κ1) is 27.7. The van der Waals surface area contributed by atoms with Gasteiger partial charge in [-0.25, -0.2) is 9.97 Å². The van der Waals surface area contributed by atoms with E-state index in [4.69, 9.17) is 15.4 Å². The zero-order chi connectivity index (χ0) is 28.9. The van der Waals surface area contributed by atoms with E-state index in [0.29, 0.717) is 35.5 Å². The molecule has 5 rings (SSSR count). The second kappa shape index (κ2) is 12.1. The van der Waals surface area contributed by atoms with Crippen molar-refractivity contribution in [2.24, 2.45) is 0 Å². The fourth-order valence-electron chi connectivity index (χ4n) is 4.67. The molecule has 1 fully saturated rings. The molecule has 12 nitrogen and oxygen atoms in total. The molecular weight excluding hydrogens is 526 g/mol. The summed E-state index contributed by atoms with van der Waals surface area (Å²) in [5.74, 6) is 1.04. The van der Waals surface area contributed by atoms with Gasteiger partial charge in [-0.2, -0.15) is 4.98 Å². The van der Waals surface area contributed by atoms with Gasteiger partial charge in [0.1, 0.15) is 29.7 Å². The number of aryl methyl sites for hydroxylation is 3. The Labute approximate surface area is 236 Å². The number of pyridine rings is 1. The van der Waals surface area contributed by atoms with Crippen molar-refractivity contribution in [3.8, 4) is 5.88 Å². The highest BCUT2D eigenvalue weighted by Gasteiger charge is 2.23. The lowest BCUT2D eigenvalue weighted by Gasteiger charge is -2.15. The molecule has 0 atom stereocenters. The van der Waals surface area contributed by atoms with Crippen molar-refractivity contribution < 1.29 is 24.3 Å². The van der Waals surface area contributed by atoms with Crippen LogP contribution in [-0.2, 0) is 33.9 Å². The molecule has 12 heteroatoms. The second-order valence-electron chi connectivity index (χ2n) is 10.0. The molecule has 1 aliphatic rings. The fraction of sp³-hybridized carbons (Fsp3) is 0.310. The smallest absolute Gasteiger partial charge is 0.313 e. The number of hydrogen-bond donors (Lipinski definition) is 4. The maximum atomic E-state index is 11.7. The lowest BCUT2D eigenvalue weighted by molar-refractivity contribution is -0.151. The van der Waals surface area contributed by atoms with Gasteiger partial charge in [0, 0.05) is 37.0 Å². The molecule has 0 bridgehead atoms. The first-order chi connectivity index (χ1) is 19.8. The standard InChI is InChI=1S/C29H31N7O5/c1-17-9-21(29(30)35-39)10-18(2)23(17)12-31-25-11-27(34-24(33-25)6-8-28(38)41-16-37)40-15-22-14-36-13-20(19-3-4-19)5-7-26(36)32-22/h5,7,9-11,13-14,16,19,39H,3-4,6,8,12,15H2,1-2H3,(H2,30,35)(H,31,33,34). The molecular formula is C29H31N7O5. The van der Waals surface area contributed by atoms with Gasteiger partial charge in [-0.3, -0.25) is 25.7 Å². The summed E-state index contributed by atoms with van der Waals surface area (Å²) < 4.78 is 12.4. The average molecular weight is 558 g/mol. The predicted octanol–water partition coefficient (Wildman–Crippen LogP) is 3.75. The first-order valence-corrected chi connectivity index (χ1v) is 13.3. The Hall–Kier alpha value is -4.84. The molecule has 4 aromatic rings. The van der Waals surface area contributed by atoms with E-state index >= 15 is 0 Å². The molecule has 0 spiro atoms. The monoisotopic (exact) mass is 557 g/mol. The molecule has 3 aromatic heterocycles. The van der Waals surface area contributed by atoms with Gasteiger partial charge in [-0.05, 0) is 73.1 Å². The number of aromatic nitrogens is 4. The molecule has 1 aliphatic carbocycles.